The van der Waals surface area contributed by atoms with Crippen LogP contribution in [0.3, 0.4) is 0 Å². The monoisotopic (exact) mass is 449 g/mol. The fourth-order valence-electron chi connectivity index (χ4n) is 4.36. The Labute approximate surface area is 186 Å². The lowest BCUT2D eigenvalue weighted by Crippen LogP contribution is -2.05. The smallest absolute Gasteiger partial charge is 0.335 e. The van der Waals surface area contributed by atoms with Crippen molar-refractivity contribution >= 4 is 27.8 Å². The Bertz CT molecular complexity index is 1530. The average Bonchev–Trinajstić information content (AvgIpc) is 3.34. The van der Waals surface area contributed by atoms with Crippen molar-refractivity contribution in [3.63, 3.8) is 0 Å². The molecular formula is C25H18F3N3O2. The number of nitrogens with one attached hydrogen (secondary N) is 1. The molecule has 0 saturated heterocycles. The summed E-state index contributed by atoms with van der Waals surface area (Å²) in [5.41, 5.74) is 2.10. The molecule has 33 heavy (non-hydrogen) atoms. The predicted octanol–water partition coefficient (Wildman–Crippen LogP) is 6.41. The summed E-state index contributed by atoms with van der Waals surface area (Å²) in [5, 5.41) is 17.5. The molecule has 0 aliphatic rings. The third-order valence-corrected chi connectivity index (χ3v) is 5.73. The maximum absolute atomic E-state index is 15.3. The Morgan fingerprint density at radius 1 is 1.00 bits per heavy atom. The first-order chi connectivity index (χ1) is 15.8. The molecule has 0 unspecified atom stereocenters. The van der Waals surface area contributed by atoms with Gasteiger partial charge in [0.15, 0.2) is 0 Å². The molecule has 166 valence electrons. The van der Waals surface area contributed by atoms with Crippen LogP contribution in [0.5, 0.6) is 0 Å². The van der Waals surface area contributed by atoms with Crippen molar-refractivity contribution in [1.29, 1.82) is 0 Å². The number of carbonyl (C=O) groups is 1. The Balaban J connectivity index is 1.96. The first-order valence-electron chi connectivity index (χ1n) is 10.3. The number of hydrogen-bond donors (Lipinski definition) is 2. The minimum Gasteiger partial charge on any atom is -0.478 e. The number of carboxylic acid groups (broad SMARTS) is 1. The predicted molar refractivity (Wildman–Crippen MR) is 119 cm³/mol. The van der Waals surface area contributed by atoms with Gasteiger partial charge in [0.1, 0.15) is 17.5 Å². The SMILES string of the molecule is CC(C)c1c(-c2c(F)cc(C(=O)O)cc2F)c2cc3[nH]ncc3cc2n1-c1ccc(F)cc1. The fourth-order valence-corrected chi connectivity index (χ4v) is 4.36. The van der Waals surface area contributed by atoms with Crippen LogP contribution in [0, 0.1) is 17.5 Å². The van der Waals surface area contributed by atoms with Crippen LogP contribution in [0.25, 0.3) is 38.6 Å². The van der Waals surface area contributed by atoms with Crippen molar-refractivity contribution in [2.24, 2.45) is 0 Å². The average molecular weight is 449 g/mol. The van der Waals surface area contributed by atoms with E-state index < -0.39 is 29.0 Å². The van der Waals surface area contributed by atoms with Gasteiger partial charge in [0.05, 0.1) is 28.4 Å². The quantitative estimate of drug-likeness (QED) is 0.333. The van der Waals surface area contributed by atoms with Gasteiger partial charge in [-0.1, -0.05) is 13.8 Å². The molecule has 2 aromatic heterocycles. The lowest BCUT2D eigenvalue weighted by molar-refractivity contribution is 0.0695. The summed E-state index contributed by atoms with van der Waals surface area (Å²) >= 11 is 0. The number of nitrogens with zero attached hydrogens (tertiary/aromatic N) is 2. The molecule has 5 nitrogen and oxygen atoms in total. The molecule has 0 radical (unpaired) electrons. The summed E-state index contributed by atoms with van der Waals surface area (Å²) in [6.45, 7) is 3.79. The maximum atomic E-state index is 15.3. The highest BCUT2D eigenvalue weighted by Gasteiger charge is 2.27. The van der Waals surface area contributed by atoms with Crippen molar-refractivity contribution in [3.8, 4) is 16.8 Å². The van der Waals surface area contributed by atoms with E-state index in [4.69, 9.17) is 0 Å². The van der Waals surface area contributed by atoms with Gasteiger partial charge >= 0.3 is 5.97 Å². The lowest BCUT2D eigenvalue weighted by atomic mass is 9.94. The fraction of sp³-hybridized carbons (Fsp3) is 0.120. The minimum absolute atomic E-state index is 0.188. The van der Waals surface area contributed by atoms with Crippen LogP contribution < -0.4 is 0 Å². The second-order valence-corrected chi connectivity index (χ2v) is 8.17. The number of fused-ring (bicyclic) bond motifs is 2. The molecule has 2 heterocycles. The first kappa shape index (κ1) is 20.8. The summed E-state index contributed by atoms with van der Waals surface area (Å²) in [7, 11) is 0. The highest BCUT2D eigenvalue weighted by molar-refractivity contribution is 6.06. The van der Waals surface area contributed by atoms with E-state index in [1.54, 1.807) is 24.4 Å². The largest absolute Gasteiger partial charge is 0.478 e. The van der Waals surface area contributed by atoms with E-state index in [1.165, 1.54) is 12.1 Å². The zero-order valence-corrected chi connectivity index (χ0v) is 17.7. The van der Waals surface area contributed by atoms with Crippen LogP contribution in [-0.4, -0.2) is 25.8 Å². The molecule has 0 fully saturated rings. The van der Waals surface area contributed by atoms with Crippen LogP contribution in [0.2, 0.25) is 0 Å². The summed E-state index contributed by atoms with van der Waals surface area (Å²) < 4.78 is 46.0. The van der Waals surface area contributed by atoms with E-state index in [9.17, 15) is 14.3 Å². The van der Waals surface area contributed by atoms with Gasteiger partial charge in [-0.05, 0) is 54.4 Å². The standard InChI is InChI=1S/C25H18F3N3O2/c1-12(2)24-22(23-18(27)7-13(25(32)33)8-19(23)28)17-10-20-14(11-29-30-20)9-21(17)31(24)16-5-3-15(26)4-6-16/h3-12H,1-2H3,(H,29,30)(H,32,33). The van der Waals surface area contributed by atoms with E-state index in [1.807, 2.05) is 24.5 Å². The molecule has 5 rings (SSSR count). The van der Waals surface area contributed by atoms with Crippen molar-refractivity contribution in [1.82, 2.24) is 14.8 Å². The van der Waals surface area contributed by atoms with E-state index in [-0.39, 0.29) is 11.5 Å². The number of aromatic nitrogens is 3. The summed E-state index contributed by atoms with van der Waals surface area (Å²) in [6.07, 6.45) is 1.65. The van der Waals surface area contributed by atoms with Crippen molar-refractivity contribution in [2.45, 2.75) is 19.8 Å². The third-order valence-electron chi connectivity index (χ3n) is 5.73. The van der Waals surface area contributed by atoms with Gasteiger partial charge in [0.2, 0.25) is 0 Å². The number of rotatable bonds is 4. The lowest BCUT2D eigenvalue weighted by Gasteiger charge is -2.16. The summed E-state index contributed by atoms with van der Waals surface area (Å²) in [4.78, 5) is 11.3. The number of hydrogen-bond acceptors (Lipinski definition) is 2. The third kappa shape index (κ3) is 3.26. The first-order valence-corrected chi connectivity index (χ1v) is 10.3. The second-order valence-electron chi connectivity index (χ2n) is 8.17. The minimum atomic E-state index is -1.42. The van der Waals surface area contributed by atoms with E-state index in [0.717, 1.165) is 17.5 Å². The molecule has 0 atom stereocenters. The van der Waals surface area contributed by atoms with Gasteiger partial charge in [-0.25, -0.2) is 18.0 Å². The van der Waals surface area contributed by atoms with Crippen LogP contribution in [0.15, 0.2) is 54.7 Å². The Morgan fingerprint density at radius 3 is 2.27 bits per heavy atom. The van der Waals surface area contributed by atoms with Crippen LogP contribution in [0.4, 0.5) is 13.2 Å². The van der Waals surface area contributed by atoms with Gasteiger partial charge in [-0.3, -0.25) is 5.10 Å². The maximum Gasteiger partial charge on any atom is 0.335 e. The van der Waals surface area contributed by atoms with Crippen molar-refractivity contribution < 1.29 is 23.1 Å². The molecule has 0 aliphatic carbocycles. The number of H-pyrrole nitrogens is 1. The molecule has 5 aromatic rings. The van der Waals surface area contributed by atoms with Crippen LogP contribution >= 0.6 is 0 Å². The molecule has 0 spiro atoms. The van der Waals surface area contributed by atoms with Crippen molar-refractivity contribution in [3.05, 3.63) is 83.4 Å². The van der Waals surface area contributed by atoms with Gasteiger partial charge < -0.3 is 9.67 Å². The molecule has 0 bridgehead atoms. The summed E-state index contributed by atoms with van der Waals surface area (Å²) in [6, 6.07) is 11.1. The summed E-state index contributed by atoms with van der Waals surface area (Å²) in [5.74, 6) is -3.96. The van der Waals surface area contributed by atoms with Crippen LogP contribution in [-0.2, 0) is 0 Å². The second kappa shape index (κ2) is 7.51. The number of carboxylic acids is 1. The van der Waals surface area contributed by atoms with E-state index in [2.05, 4.69) is 10.2 Å². The van der Waals surface area contributed by atoms with Crippen molar-refractivity contribution in [2.75, 3.05) is 0 Å². The van der Waals surface area contributed by atoms with Crippen LogP contribution in [0.1, 0.15) is 35.8 Å². The topological polar surface area (TPSA) is 70.9 Å². The zero-order chi connectivity index (χ0) is 23.4. The number of aromatic amines is 1. The molecule has 3 aromatic carbocycles. The Morgan fingerprint density at radius 2 is 1.67 bits per heavy atom. The van der Waals surface area contributed by atoms with Gasteiger partial charge in [-0.15, -0.1) is 0 Å². The normalized spacial score (nSPS) is 11.7. The molecule has 0 amide bonds. The number of benzene rings is 3. The van der Waals surface area contributed by atoms with Gasteiger partial charge in [-0.2, -0.15) is 5.10 Å². The zero-order valence-electron chi connectivity index (χ0n) is 17.7. The highest BCUT2D eigenvalue weighted by atomic mass is 19.1. The molecule has 8 heteroatoms. The van der Waals surface area contributed by atoms with E-state index in [0.29, 0.717) is 33.4 Å². The molecule has 2 N–H and O–H groups in total. The molecule has 0 aliphatic heterocycles. The van der Waals surface area contributed by atoms with Gasteiger partial charge in [0.25, 0.3) is 0 Å². The Kier molecular flexibility index (Phi) is 4.74. The molecular weight excluding hydrogens is 431 g/mol. The number of halogens is 3. The number of aromatic carboxylic acids is 1. The highest BCUT2D eigenvalue weighted by Crippen LogP contribution is 2.43. The molecule has 0 saturated carbocycles. The van der Waals surface area contributed by atoms with Gasteiger partial charge in [0, 0.05) is 27.7 Å². The van der Waals surface area contributed by atoms with E-state index >= 15 is 8.78 Å². The Hall–Kier alpha value is -4.07.